The number of halogens is 3. The van der Waals surface area contributed by atoms with Crippen LogP contribution in [0.25, 0.3) is 0 Å². The largest absolute Gasteiger partial charge is 0.416 e. The lowest BCUT2D eigenvalue weighted by Gasteiger charge is -2.35. The van der Waals surface area contributed by atoms with Crippen LogP contribution in [0.2, 0.25) is 0 Å². The van der Waals surface area contributed by atoms with Gasteiger partial charge in [-0.15, -0.1) is 0 Å². The Hall–Kier alpha value is -2.07. The minimum atomic E-state index is -4.36. The van der Waals surface area contributed by atoms with Gasteiger partial charge in [0.25, 0.3) is 0 Å². The summed E-state index contributed by atoms with van der Waals surface area (Å²) in [5, 5.41) is 4.24. The Labute approximate surface area is 149 Å². The van der Waals surface area contributed by atoms with Crippen LogP contribution in [0, 0.1) is 5.92 Å². The van der Waals surface area contributed by atoms with Crippen molar-refractivity contribution in [2.45, 2.75) is 19.3 Å². The van der Waals surface area contributed by atoms with E-state index in [2.05, 4.69) is 9.82 Å². The predicted molar refractivity (Wildman–Crippen MR) is 91.1 cm³/mol. The average molecular weight is 388 g/mol. The molecule has 2 aromatic rings. The fourth-order valence-corrected chi connectivity index (χ4v) is 3.54. The van der Waals surface area contributed by atoms with Gasteiger partial charge in [-0.05, 0) is 17.7 Å². The molecular weight excluding hydrogens is 369 g/mol. The summed E-state index contributed by atoms with van der Waals surface area (Å²) in [4.78, 5) is 1.99. The molecule has 1 aliphatic rings. The molecule has 1 atom stereocenters. The SMILES string of the molecule is CS(=O)(=O)NCC1CN(Cc2ccc(C(F)(F)F)cc2)c2ccnn2C1. The number of sulfonamides is 1. The molecule has 6 nitrogen and oxygen atoms in total. The van der Waals surface area contributed by atoms with Crippen molar-refractivity contribution in [1.82, 2.24) is 14.5 Å². The minimum Gasteiger partial charge on any atom is -0.352 e. The molecule has 1 N–H and O–H groups in total. The molecule has 26 heavy (non-hydrogen) atoms. The van der Waals surface area contributed by atoms with Gasteiger partial charge in [-0.1, -0.05) is 12.1 Å². The molecular formula is C16H19F3N4O2S. The van der Waals surface area contributed by atoms with Crippen molar-refractivity contribution in [3.05, 3.63) is 47.7 Å². The summed E-state index contributed by atoms with van der Waals surface area (Å²) in [5.41, 5.74) is 0.0580. The van der Waals surface area contributed by atoms with Gasteiger partial charge in [0.05, 0.1) is 18.0 Å². The molecule has 0 saturated carbocycles. The Morgan fingerprint density at radius 2 is 1.88 bits per heavy atom. The normalized spacial score (nSPS) is 18.0. The van der Waals surface area contributed by atoms with Gasteiger partial charge in [0.15, 0.2) is 0 Å². The van der Waals surface area contributed by atoms with E-state index in [0.717, 1.165) is 29.8 Å². The van der Waals surface area contributed by atoms with Crippen molar-refractivity contribution in [2.75, 3.05) is 24.2 Å². The molecule has 1 unspecified atom stereocenters. The molecule has 142 valence electrons. The lowest BCUT2D eigenvalue weighted by Crippen LogP contribution is -2.43. The Kier molecular flexibility index (Phi) is 4.98. The summed E-state index contributed by atoms with van der Waals surface area (Å²) < 4.78 is 65.0. The van der Waals surface area contributed by atoms with Crippen molar-refractivity contribution >= 4 is 15.8 Å². The molecule has 0 fully saturated rings. The lowest BCUT2D eigenvalue weighted by atomic mass is 10.1. The number of anilines is 1. The summed E-state index contributed by atoms with van der Waals surface area (Å²) >= 11 is 0. The van der Waals surface area contributed by atoms with Crippen molar-refractivity contribution in [2.24, 2.45) is 5.92 Å². The van der Waals surface area contributed by atoms with Crippen LogP contribution in [-0.2, 0) is 29.3 Å². The van der Waals surface area contributed by atoms with Crippen LogP contribution in [0.15, 0.2) is 36.5 Å². The van der Waals surface area contributed by atoms with Crippen molar-refractivity contribution in [3.8, 4) is 0 Å². The topological polar surface area (TPSA) is 67.2 Å². The third kappa shape index (κ3) is 4.55. The first-order valence-electron chi connectivity index (χ1n) is 7.99. The number of hydrogen-bond donors (Lipinski definition) is 1. The number of rotatable bonds is 5. The first kappa shape index (κ1) is 18.7. The third-order valence-electron chi connectivity index (χ3n) is 4.22. The summed E-state index contributed by atoms with van der Waals surface area (Å²) in [6.07, 6.45) is -1.60. The molecule has 1 aliphatic heterocycles. The molecule has 0 aliphatic carbocycles. The number of nitrogens with zero attached hydrogens (tertiary/aromatic N) is 3. The van der Waals surface area contributed by atoms with E-state index in [1.165, 1.54) is 12.1 Å². The fraction of sp³-hybridized carbons (Fsp3) is 0.438. The van der Waals surface area contributed by atoms with Crippen LogP contribution in [0.4, 0.5) is 19.0 Å². The van der Waals surface area contributed by atoms with Gasteiger partial charge in [-0.25, -0.2) is 17.8 Å². The number of benzene rings is 1. The maximum atomic E-state index is 12.7. The van der Waals surface area contributed by atoms with E-state index < -0.39 is 21.8 Å². The van der Waals surface area contributed by atoms with Gasteiger partial charge < -0.3 is 4.90 Å². The van der Waals surface area contributed by atoms with E-state index in [-0.39, 0.29) is 12.5 Å². The van der Waals surface area contributed by atoms with Crippen LogP contribution in [0.3, 0.4) is 0 Å². The first-order valence-corrected chi connectivity index (χ1v) is 9.88. The number of aromatic nitrogens is 2. The van der Waals surface area contributed by atoms with E-state index >= 15 is 0 Å². The second-order valence-electron chi connectivity index (χ2n) is 6.43. The molecule has 1 aromatic carbocycles. The van der Waals surface area contributed by atoms with Gasteiger partial charge in [0.1, 0.15) is 5.82 Å². The molecule has 0 bridgehead atoms. The zero-order valence-corrected chi connectivity index (χ0v) is 14.9. The van der Waals surface area contributed by atoms with E-state index in [4.69, 9.17) is 0 Å². The van der Waals surface area contributed by atoms with Crippen LogP contribution in [0.5, 0.6) is 0 Å². The van der Waals surface area contributed by atoms with Gasteiger partial charge in [0, 0.05) is 38.2 Å². The Morgan fingerprint density at radius 3 is 2.50 bits per heavy atom. The highest BCUT2D eigenvalue weighted by atomic mass is 32.2. The van der Waals surface area contributed by atoms with Crippen LogP contribution in [0.1, 0.15) is 11.1 Å². The second kappa shape index (κ2) is 6.92. The summed E-state index contributed by atoms with van der Waals surface area (Å²) in [6.45, 7) is 1.85. The summed E-state index contributed by atoms with van der Waals surface area (Å²) in [5.74, 6) is 0.868. The highest BCUT2D eigenvalue weighted by Crippen LogP contribution is 2.30. The highest BCUT2D eigenvalue weighted by Gasteiger charge is 2.30. The number of fused-ring (bicyclic) bond motifs is 1. The molecule has 2 heterocycles. The maximum absolute atomic E-state index is 12.7. The molecule has 1 aromatic heterocycles. The smallest absolute Gasteiger partial charge is 0.352 e. The van der Waals surface area contributed by atoms with Crippen LogP contribution >= 0.6 is 0 Å². The van der Waals surface area contributed by atoms with Crippen molar-refractivity contribution in [1.29, 1.82) is 0 Å². The predicted octanol–water partition coefficient (Wildman–Crippen LogP) is 2.09. The van der Waals surface area contributed by atoms with Gasteiger partial charge >= 0.3 is 6.18 Å². The quantitative estimate of drug-likeness (QED) is 0.852. The van der Waals surface area contributed by atoms with E-state index in [1.54, 1.807) is 10.9 Å². The molecule has 0 saturated heterocycles. The van der Waals surface area contributed by atoms with Crippen molar-refractivity contribution < 1.29 is 21.6 Å². The van der Waals surface area contributed by atoms with E-state index in [1.807, 2.05) is 11.0 Å². The lowest BCUT2D eigenvalue weighted by molar-refractivity contribution is -0.137. The number of nitrogens with one attached hydrogen (secondary N) is 1. The fourth-order valence-electron chi connectivity index (χ4n) is 3.01. The maximum Gasteiger partial charge on any atom is 0.416 e. The number of alkyl halides is 3. The van der Waals surface area contributed by atoms with Crippen LogP contribution in [-0.4, -0.2) is 37.5 Å². The number of hydrogen-bond acceptors (Lipinski definition) is 4. The zero-order valence-electron chi connectivity index (χ0n) is 14.1. The Balaban J connectivity index is 1.74. The highest BCUT2D eigenvalue weighted by molar-refractivity contribution is 7.88. The average Bonchev–Trinajstić information content (AvgIpc) is 3.01. The van der Waals surface area contributed by atoms with Crippen LogP contribution < -0.4 is 9.62 Å². The summed E-state index contributed by atoms with van der Waals surface area (Å²) in [6, 6.07) is 6.90. The van der Waals surface area contributed by atoms with Gasteiger partial charge in [-0.3, -0.25) is 0 Å². The molecule has 10 heteroatoms. The minimum absolute atomic E-state index is 0.00609. The Morgan fingerprint density at radius 1 is 1.19 bits per heavy atom. The van der Waals surface area contributed by atoms with E-state index in [0.29, 0.717) is 19.6 Å². The van der Waals surface area contributed by atoms with Gasteiger partial charge in [0.2, 0.25) is 10.0 Å². The second-order valence-corrected chi connectivity index (χ2v) is 8.27. The zero-order chi connectivity index (χ0) is 18.9. The summed E-state index contributed by atoms with van der Waals surface area (Å²) in [7, 11) is -3.29. The molecule has 0 spiro atoms. The Bertz CT molecular complexity index is 862. The van der Waals surface area contributed by atoms with E-state index in [9.17, 15) is 21.6 Å². The molecule has 3 rings (SSSR count). The molecule has 0 radical (unpaired) electrons. The standard InChI is InChI=1S/C16H19F3N4O2S/c1-26(24,25)21-8-13-10-22(15-6-7-20-23(15)11-13)9-12-2-4-14(5-3-12)16(17,18)19/h2-7,13,21H,8-11H2,1H3. The first-order chi connectivity index (χ1) is 12.1. The molecule has 0 amide bonds. The van der Waals surface area contributed by atoms with Crippen molar-refractivity contribution in [3.63, 3.8) is 0 Å². The third-order valence-corrected chi connectivity index (χ3v) is 4.91. The van der Waals surface area contributed by atoms with Gasteiger partial charge in [-0.2, -0.15) is 18.3 Å². The monoisotopic (exact) mass is 388 g/mol.